The molecule has 3 aliphatic heterocycles. The summed E-state index contributed by atoms with van der Waals surface area (Å²) in [5.41, 5.74) is 0. The van der Waals surface area contributed by atoms with Gasteiger partial charge in [-0.25, -0.2) is 0 Å². The molecule has 2 fully saturated rings. The first-order valence-electron chi connectivity index (χ1n) is 5.90. The van der Waals surface area contributed by atoms with Gasteiger partial charge in [0, 0.05) is 0 Å². The molecule has 0 radical (unpaired) electrons. The Morgan fingerprint density at radius 3 is 2.41 bits per heavy atom. The van der Waals surface area contributed by atoms with Crippen molar-refractivity contribution in [3.8, 4) is 0 Å². The van der Waals surface area contributed by atoms with E-state index < -0.39 is 11.6 Å². The molecule has 0 aliphatic carbocycles. The maximum absolute atomic E-state index is 5.72. The van der Waals surface area contributed by atoms with E-state index >= 15 is 0 Å². The second kappa shape index (κ2) is 3.45. The molecule has 3 atom stereocenters. The molecule has 5 nitrogen and oxygen atoms in total. The summed E-state index contributed by atoms with van der Waals surface area (Å²) in [6, 6.07) is 0. The molecule has 0 N–H and O–H groups in total. The highest BCUT2D eigenvalue weighted by atomic mass is 16.8. The zero-order chi connectivity index (χ0) is 12.3. The van der Waals surface area contributed by atoms with Gasteiger partial charge in [-0.05, 0) is 33.8 Å². The molecule has 5 heteroatoms. The van der Waals surface area contributed by atoms with Crippen molar-refractivity contribution in [2.24, 2.45) is 0 Å². The van der Waals surface area contributed by atoms with Crippen molar-refractivity contribution in [2.75, 3.05) is 6.61 Å². The van der Waals surface area contributed by atoms with Crippen molar-refractivity contribution in [1.29, 1.82) is 0 Å². The highest BCUT2D eigenvalue weighted by molar-refractivity contribution is 5.13. The lowest BCUT2D eigenvalue weighted by atomic mass is 10.2. The van der Waals surface area contributed by atoms with Crippen LogP contribution in [0.1, 0.15) is 27.7 Å². The first-order chi connectivity index (χ1) is 7.85. The van der Waals surface area contributed by atoms with E-state index in [9.17, 15) is 0 Å². The Morgan fingerprint density at radius 2 is 1.82 bits per heavy atom. The predicted molar refractivity (Wildman–Crippen MR) is 57.9 cm³/mol. The highest BCUT2D eigenvalue weighted by Gasteiger charge is 2.48. The van der Waals surface area contributed by atoms with Gasteiger partial charge in [0.15, 0.2) is 11.6 Å². The molecule has 0 amide bonds. The summed E-state index contributed by atoms with van der Waals surface area (Å²) in [6.07, 6.45) is 1.26. The van der Waals surface area contributed by atoms with Crippen molar-refractivity contribution < 1.29 is 23.7 Å². The molecule has 0 spiro atoms. The normalized spacial score (nSPS) is 42.1. The van der Waals surface area contributed by atoms with Crippen LogP contribution in [0, 0.1) is 0 Å². The minimum atomic E-state index is -0.580. The van der Waals surface area contributed by atoms with Crippen molar-refractivity contribution >= 4 is 0 Å². The zero-order valence-corrected chi connectivity index (χ0v) is 10.6. The molecule has 3 heterocycles. The van der Waals surface area contributed by atoms with E-state index in [0.29, 0.717) is 6.61 Å². The minimum Gasteiger partial charge on any atom is -0.463 e. The van der Waals surface area contributed by atoms with Crippen molar-refractivity contribution in [3.63, 3.8) is 0 Å². The molecule has 3 rings (SSSR count). The number of fused-ring (bicyclic) bond motifs is 1. The SMILES string of the molecule is CC1(C)OC[C@@H](C2=C[C@H]3OC(C)(C)O[C@H]3O2)O1. The van der Waals surface area contributed by atoms with Crippen LogP contribution in [0.5, 0.6) is 0 Å². The number of hydrogen-bond acceptors (Lipinski definition) is 5. The monoisotopic (exact) mass is 242 g/mol. The molecule has 0 aromatic carbocycles. The Bertz CT molecular complexity index is 360. The quantitative estimate of drug-likeness (QED) is 0.697. The van der Waals surface area contributed by atoms with Crippen LogP contribution in [-0.2, 0) is 23.7 Å². The van der Waals surface area contributed by atoms with E-state index in [0.717, 1.165) is 5.76 Å². The van der Waals surface area contributed by atoms with Gasteiger partial charge in [0.1, 0.15) is 18.0 Å². The number of rotatable bonds is 1. The second-order valence-electron chi connectivity index (χ2n) is 5.47. The number of hydrogen-bond donors (Lipinski definition) is 0. The molecular weight excluding hydrogens is 224 g/mol. The predicted octanol–water partition coefficient (Wildman–Crippen LogP) is 1.53. The fourth-order valence-electron chi connectivity index (χ4n) is 2.31. The topological polar surface area (TPSA) is 46.2 Å². The summed E-state index contributed by atoms with van der Waals surface area (Å²) >= 11 is 0. The standard InChI is InChI=1S/C12H18O5/c1-11(2)13-6-9(16-11)7-5-8-10(14-7)17-12(3,4)15-8/h5,8-10H,6H2,1-4H3/t8-,9+,10-/m1/s1. The average Bonchev–Trinajstić information content (AvgIpc) is 2.75. The molecule has 96 valence electrons. The Kier molecular flexibility index (Phi) is 2.32. The Balaban J connectivity index is 1.69. The lowest BCUT2D eigenvalue weighted by molar-refractivity contribution is -0.188. The summed E-state index contributed by atoms with van der Waals surface area (Å²) in [6.45, 7) is 8.03. The van der Waals surface area contributed by atoms with Crippen LogP contribution in [-0.4, -0.2) is 36.7 Å². The molecule has 0 aromatic heterocycles. The molecule has 17 heavy (non-hydrogen) atoms. The van der Waals surface area contributed by atoms with E-state index in [-0.39, 0.29) is 18.5 Å². The van der Waals surface area contributed by atoms with Crippen LogP contribution >= 0.6 is 0 Å². The van der Waals surface area contributed by atoms with E-state index in [1.54, 1.807) is 0 Å². The van der Waals surface area contributed by atoms with Crippen LogP contribution < -0.4 is 0 Å². The number of ether oxygens (including phenoxy) is 5. The van der Waals surface area contributed by atoms with Crippen LogP contribution in [0.4, 0.5) is 0 Å². The zero-order valence-electron chi connectivity index (χ0n) is 10.6. The lowest BCUT2D eigenvalue weighted by Gasteiger charge is -2.20. The molecule has 0 saturated carbocycles. The Morgan fingerprint density at radius 1 is 1.06 bits per heavy atom. The Hall–Kier alpha value is -0.620. The largest absolute Gasteiger partial charge is 0.463 e. The van der Waals surface area contributed by atoms with Gasteiger partial charge in [-0.15, -0.1) is 0 Å². The second-order valence-corrected chi connectivity index (χ2v) is 5.47. The van der Waals surface area contributed by atoms with Gasteiger partial charge >= 0.3 is 0 Å². The Labute approximate surface area is 101 Å². The molecule has 0 aromatic rings. The van der Waals surface area contributed by atoms with Gasteiger partial charge < -0.3 is 23.7 Å². The third kappa shape index (κ3) is 2.08. The molecule has 2 saturated heterocycles. The summed E-state index contributed by atoms with van der Waals surface area (Å²) in [7, 11) is 0. The van der Waals surface area contributed by atoms with Gasteiger partial charge in [-0.3, -0.25) is 0 Å². The van der Waals surface area contributed by atoms with Crippen molar-refractivity contribution in [3.05, 3.63) is 11.8 Å². The average molecular weight is 242 g/mol. The van der Waals surface area contributed by atoms with Crippen molar-refractivity contribution in [2.45, 2.75) is 57.8 Å². The van der Waals surface area contributed by atoms with Crippen LogP contribution in [0.15, 0.2) is 11.8 Å². The first kappa shape index (κ1) is 11.5. The molecule has 0 bridgehead atoms. The summed E-state index contributed by atoms with van der Waals surface area (Å²) in [5, 5.41) is 0. The van der Waals surface area contributed by atoms with E-state index in [1.165, 1.54) is 0 Å². The van der Waals surface area contributed by atoms with Gasteiger partial charge in [0.2, 0.25) is 6.29 Å². The van der Waals surface area contributed by atoms with E-state index in [4.69, 9.17) is 23.7 Å². The molecule has 3 aliphatic rings. The molecular formula is C12H18O5. The van der Waals surface area contributed by atoms with Gasteiger partial charge in [-0.2, -0.15) is 0 Å². The minimum absolute atomic E-state index is 0.146. The van der Waals surface area contributed by atoms with Crippen LogP contribution in [0.25, 0.3) is 0 Å². The van der Waals surface area contributed by atoms with Gasteiger partial charge in [-0.1, -0.05) is 0 Å². The third-order valence-corrected chi connectivity index (χ3v) is 2.99. The smallest absolute Gasteiger partial charge is 0.232 e. The van der Waals surface area contributed by atoms with Gasteiger partial charge in [0.05, 0.1) is 6.61 Å². The van der Waals surface area contributed by atoms with Gasteiger partial charge in [0.25, 0.3) is 0 Å². The summed E-state index contributed by atoms with van der Waals surface area (Å²) in [5.74, 6) is -0.377. The molecule has 0 unspecified atom stereocenters. The van der Waals surface area contributed by atoms with Crippen molar-refractivity contribution in [1.82, 2.24) is 0 Å². The van der Waals surface area contributed by atoms with Crippen LogP contribution in [0.3, 0.4) is 0 Å². The fraction of sp³-hybridized carbons (Fsp3) is 0.833. The fourth-order valence-corrected chi connectivity index (χ4v) is 2.31. The summed E-state index contributed by atoms with van der Waals surface area (Å²) in [4.78, 5) is 0. The van der Waals surface area contributed by atoms with Crippen LogP contribution in [0.2, 0.25) is 0 Å². The maximum Gasteiger partial charge on any atom is 0.232 e. The highest BCUT2D eigenvalue weighted by Crippen LogP contribution is 2.38. The first-order valence-corrected chi connectivity index (χ1v) is 5.90. The van der Waals surface area contributed by atoms with E-state index in [2.05, 4.69) is 0 Å². The maximum atomic E-state index is 5.72. The third-order valence-electron chi connectivity index (χ3n) is 2.99. The lowest BCUT2D eigenvalue weighted by Crippen LogP contribution is -2.25. The van der Waals surface area contributed by atoms with E-state index in [1.807, 2.05) is 33.8 Å². The summed E-state index contributed by atoms with van der Waals surface area (Å²) < 4.78 is 28.3.